The molecule has 0 radical (unpaired) electrons. The molecule has 4 aromatic rings. The summed E-state index contributed by atoms with van der Waals surface area (Å²) in [6, 6.07) is 10.1. The maximum atomic E-state index is 13.1. The van der Waals surface area contributed by atoms with Crippen LogP contribution in [0.3, 0.4) is 0 Å². The molecule has 14 heteroatoms. The first kappa shape index (κ1) is 45.0. The van der Waals surface area contributed by atoms with Crippen LogP contribution in [0.4, 0.5) is 4.79 Å². The molecule has 0 spiro atoms. The van der Waals surface area contributed by atoms with Crippen molar-refractivity contribution in [3.8, 4) is 23.7 Å². The summed E-state index contributed by atoms with van der Waals surface area (Å²) in [5, 5.41) is 3.36. The monoisotopic (exact) mass is 858 g/mol. The predicted molar refractivity (Wildman–Crippen MR) is 239 cm³/mol. The number of nitrogens with one attached hydrogen (secondary N) is 1. The van der Waals surface area contributed by atoms with Crippen molar-refractivity contribution >= 4 is 51.3 Å². The van der Waals surface area contributed by atoms with E-state index in [1.807, 2.05) is 57.2 Å². The third kappa shape index (κ3) is 10.1. The summed E-state index contributed by atoms with van der Waals surface area (Å²) in [6.07, 6.45) is 6.55. The number of piperidine rings is 2. The van der Waals surface area contributed by atoms with E-state index in [4.69, 9.17) is 4.74 Å². The van der Waals surface area contributed by atoms with E-state index in [1.165, 1.54) is 4.57 Å². The van der Waals surface area contributed by atoms with Gasteiger partial charge in [0.2, 0.25) is 0 Å². The number of aromatic nitrogens is 4. The summed E-state index contributed by atoms with van der Waals surface area (Å²) in [6.45, 7) is 9.02. The molecule has 0 bridgehead atoms. The number of carbonyl (C=O) groups excluding carboxylic acids is 5. The molecule has 2 saturated carbocycles. The Morgan fingerprint density at radius 1 is 0.667 bits per heavy atom. The van der Waals surface area contributed by atoms with Gasteiger partial charge in [0.15, 0.2) is 11.6 Å². The molecule has 63 heavy (non-hydrogen) atoms. The standard InChI is InChI=1S/C27H33N3O5.C22H25N3O3/c1-27(2,3)35-26(34)29-15-13-18(14-16-29)7-5-8-19-9-6-10-22-24(19)28(4)25(33)30(22)21-12-11-20(31)17-23(21)32;1-24-21-16(5-2-4-15-10-12-23-13-11-15)6-3-7-19(21)25(22(24)28)18-9-8-17(26)14-20(18)27/h6,9-10,18,21H,7,11-17H2,1-4H3;3,6-7,15,18,23H,4,8-14H2,1H3. The minimum Gasteiger partial charge on any atom is -0.444 e. The van der Waals surface area contributed by atoms with Gasteiger partial charge in [-0.1, -0.05) is 35.8 Å². The Hall–Kier alpha value is -5.99. The number of rotatable bonds is 4. The van der Waals surface area contributed by atoms with Crippen molar-refractivity contribution in [2.24, 2.45) is 25.9 Å². The van der Waals surface area contributed by atoms with Crippen LogP contribution in [-0.2, 0) is 38.0 Å². The summed E-state index contributed by atoms with van der Waals surface area (Å²) in [5.74, 6) is 13.6. The van der Waals surface area contributed by atoms with E-state index < -0.39 is 17.7 Å². The molecule has 1 N–H and O–H groups in total. The second-order valence-corrected chi connectivity index (χ2v) is 18.4. The molecule has 2 aromatic heterocycles. The number of hydrogen-bond donors (Lipinski definition) is 1. The molecule has 1 amide bonds. The summed E-state index contributed by atoms with van der Waals surface area (Å²) >= 11 is 0. The van der Waals surface area contributed by atoms with E-state index >= 15 is 0 Å². The van der Waals surface area contributed by atoms with Gasteiger partial charge >= 0.3 is 17.5 Å². The minimum absolute atomic E-state index is 0.0426. The number of hydrogen-bond acceptors (Lipinski definition) is 9. The highest BCUT2D eigenvalue weighted by Gasteiger charge is 2.33. The number of ether oxygens (including phenoxy) is 1. The van der Waals surface area contributed by atoms with E-state index in [2.05, 4.69) is 29.0 Å². The molecule has 4 fully saturated rings. The van der Waals surface area contributed by atoms with E-state index in [1.54, 1.807) is 32.7 Å². The lowest BCUT2D eigenvalue weighted by Crippen LogP contribution is -2.41. The average molecular weight is 859 g/mol. The van der Waals surface area contributed by atoms with Crippen molar-refractivity contribution in [3.63, 3.8) is 0 Å². The highest BCUT2D eigenvalue weighted by Crippen LogP contribution is 2.29. The second kappa shape index (κ2) is 19.2. The zero-order chi connectivity index (χ0) is 45.0. The lowest BCUT2D eigenvalue weighted by atomic mass is 9.92. The Labute approximate surface area is 367 Å². The number of fused-ring (bicyclic) bond motifs is 2. The molecule has 4 heterocycles. The molecule has 2 unspecified atom stereocenters. The summed E-state index contributed by atoms with van der Waals surface area (Å²) in [4.78, 5) is 88.2. The SMILES string of the molecule is Cn1c(=O)n(C2CCC(=O)CC2=O)c2cccc(C#CCC3CCN(C(=O)OC(C)(C)C)CC3)c21.Cn1c(=O)n(C2CCC(=O)CC2=O)c2cccc(C#CCC3CCNCC3)c21. The maximum Gasteiger partial charge on any atom is 0.410 e. The third-order valence-electron chi connectivity index (χ3n) is 12.7. The van der Waals surface area contributed by atoms with Gasteiger partial charge in [0, 0.05) is 52.9 Å². The van der Waals surface area contributed by atoms with Gasteiger partial charge in [-0.05, 0) is 108 Å². The van der Waals surface area contributed by atoms with Crippen molar-refractivity contribution in [2.75, 3.05) is 26.2 Å². The number of ketones is 4. The Balaban J connectivity index is 0.000000193. The lowest BCUT2D eigenvalue weighted by Gasteiger charge is -2.32. The van der Waals surface area contributed by atoms with E-state index in [0.717, 1.165) is 61.8 Å². The van der Waals surface area contributed by atoms with Crippen LogP contribution in [0.25, 0.3) is 22.1 Å². The normalized spacial score (nSPS) is 20.2. The fourth-order valence-corrected chi connectivity index (χ4v) is 9.26. The number of likely N-dealkylation sites (tertiary alicyclic amines) is 1. The Morgan fingerprint density at radius 3 is 1.54 bits per heavy atom. The van der Waals surface area contributed by atoms with Crippen LogP contribution in [0.5, 0.6) is 0 Å². The average Bonchev–Trinajstić information content (AvgIpc) is 3.65. The molecule has 332 valence electrons. The van der Waals surface area contributed by atoms with Gasteiger partial charge in [0.1, 0.15) is 17.2 Å². The molecular formula is C49H58N6O8. The first-order chi connectivity index (χ1) is 30.1. The zero-order valence-corrected chi connectivity index (χ0v) is 37.1. The van der Waals surface area contributed by atoms with Gasteiger partial charge < -0.3 is 15.0 Å². The molecule has 14 nitrogen and oxygen atoms in total. The molecule has 2 aliphatic heterocycles. The molecule has 4 aliphatic rings. The second-order valence-electron chi connectivity index (χ2n) is 18.4. The van der Waals surface area contributed by atoms with Crippen molar-refractivity contribution in [3.05, 3.63) is 68.5 Å². The molecule has 2 aliphatic carbocycles. The Kier molecular flexibility index (Phi) is 13.7. The van der Waals surface area contributed by atoms with Gasteiger partial charge in [0.25, 0.3) is 0 Å². The number of carbonyl (C=O) groups is 5. The van der Waals surface area contributed by atoms with Crippen LogP contribution in [0.15, 0.2) is 46.0 Å². The largest absolute Gasteiger partial charge is 0.444 e. The fraction of sp³-hybridized carbons (Fsp3) is 0.531. The van der Waals surface area contributed by atoms with E-state index in [9.17, 15) is 33.6 Å². The lowest BCUT2D eigenvalue weighted by molar-refractivity contribution is -0.133. The van der Waals surface area contributed by atoms with Crippen molar-refractivity contribution in [1.82, 2.24) is 28.5 Å². The number of amides is 1. The Morgan fingerprint density at radius 2 is 1.11 bits per heavy atom. The Bertz CT molecular complexity index is 2690. The van der Waals surface area contributed by atoms with Crippen molar-refractivity contribution in [1.29, 1.82) is 0 Å². The van der Waals surface area contributed by atoms with Gasteiger partial charge in [-0.2, -0.15) is 0 Å². The van der Waals surface area contributed by atoms with Gasteiger partial charge in [0.05, 0.1) is 58.1 Å². The fourth-order valence-electron chi connectivity index (χ4n) is 9.26. The topological polar surface area (TPSA) is 164 Å². The zero-order valence-electron chi connectivity index (χ0n) is 37.1. The predicted octanol–water partition coefficient (Wildman–Crippen LogP) is 5.54. The van der Waals surface area contributed by atoms with Crippen LogP contribution in [-0.4, -0.2) is 84.2 Å². The minimum atomic E-state index is -0.609. The number of imidazole rings is 2. The summed E-state index contributed by atoms with van der Waals surface area (Å²) in [7, 11) is 3.41. The highest BCUT2D eigenvalue weighted by atomic mass is 16.6. The highest BCUT2D eigenvalue weighted by molar-refractivity contribution is 6.04. The van der Waals surface area contributed by atoms with E-state index in [-0.39, 0.29) is 53.4 Å². The first-order valence-corrected chi connectivity index (χ1v) is 22.3. The smallest absolute Gasteiger partial charge is 0.410 e. The molecular weight excluding hydrogens is 801 g/mol. The number of Topliss-reactive ketones (excluding diaryl/α,β-unsaturated/α-hetero) is 4. The first-order valence-electron chi connectivity index (χ1n) is 22.3. The van der Waals surface area contributed by atoms with Crippen LogP contribution < -0.4 is 16.7 Å². The number of para-hydroxylation sites is 2. The van der Waals surface area contributed by atoms with Crippen molar-refractivity contribution in [2.45, 2.75) is 116 Å². The number of nitrogens with zero attached hydrogens (tertiary/aromatic N) is 5. The third-order valence-corrected chi connectivity index (χ3v) is 12.7. The van der Waals surface area contributed by atoms with Gasteiger partial charge in [-0.3, -0.25) is 37.4 Å². The number of aryl methyl sites for hydroxylation is 2. The quantitative estimate of drug-likeness (QED) is 0.205. The van der Waals surface area contributed by atoms with Gasteiger partial charge in [-0.15, -0.1) is 0 Å². The van der Waals surface area contributed by atoms with Crippen LogP contribution in [0.2, 0.25) is 0 Å². The molecule has 8 rings (SSSR count). The number of benzene rings is 2. The summed E-state index contributed by atoms with van der Waals surface area (Å²) < 4.78 is 11.7. The van der Waals surface area contributed by atoms with Crippen molar-refractivity contribution < 1.29 is 28.7 Å². The molecule has 2 saturated heterocycles. The van der Waals surface area contributed by atoms with E-state index in [0.29, 0.717) is 73.6 Å². The van der Waals surface area contributed by atoms with Crippen LogP contribution in [0.1, 0.15) is 121 Å². The van der Waals surface area contributed by atoms with Crippen LogP contribution >= 0.6 is 0 Å². The molecule has 2 atom stereocenters. The van der Waals surface area contributed by atoms with Gasteiger partial charge in [-0.25, -0.2) is 14.4 Å². The summed E-state index contributed by atoms with van der Waals surface area (Å²) in [5.41, 5.74) is 3.41. The van der Waals surface area contributed by atoms with Crippen LogP contribution in [0, 0.1) is 35.5 Å². The molecule has 2 aromatic carbocycles. The maximum absolute atomic E-state index is 13.1.